The summed E-state index contributed by atoms with van der Waals surface area (Å²) >= 11 is 1.66. The van der Waals surface area contributed by atoms with Gasteiger partial charge in [-0.1, -0.05) is 12.1 Å². The van der Waals surface area contributed by atoms with Crippen LogP contribution in [0.3, 0.4) is 0 Å². The van der Waals surface area contributed by atoms with Crippen molar-refractivity contribution in [2.24, 2.45) is 0 Å². The number of para-hydroxylation sites is 1. The Bertz CT molecular complexity index is 566. The zero-order valence-corrected chi connectivity index (χ0v) is 14.2. The second-order valence-electron chi connectivity index (χ2n) is 4.92. The van der Waals surface area contributed by atoms with Gasteiger partial charge >= 0.3 is 0 Å². The van der Waals surface area contributed by atoms with Crippen molar-refractivity contribution >= 4 is 52.3 Å². The number of rotatable bonds is 3. The van der Waals surface area contributed by atoms with Crippen LogP contribution in [0.15, 0.2) is 24.3 Å². The van der Waals surface area contributed by atoms with Crippen LogP contribution in [-0.4, -0.2) is 35.4 Å². The first kappa shape index (κ1) is 18.2. The van der Waals surface area contributed by atoms with Gasteiger partial charge in [-0.15, -0.1) is 36.2 Å². The number of carbonyl (C=O) groups excluding carboxylic acids is 1. The van der Waals surface area contributed by atoms with Gasteiger partial charge in [0.2, 0.25) is 5.91 Å². The van der Waals surface area contributed by atoms with E-state index in [1.807, 2.05) is 25.2 Å². The van der Waals surface area contributed by atoms with Gasteiger partial charge in [-0.25, -0.2) is 4.98 Å². The van der Waals surface area contributed by atoms with E-state index in [1.165, 1.54) is 4.70 Å². The monoisotopic (exact) mass is 347 g/mol. The molecule has 0 bridgehead atoms. The maximum Gasteiger partial charge on any atom is 0.239 e. The topological polar surface area (TPSA) is 45.2 Å². The number of aromatic nitrogens is 1. The Morgan fingerprint density at radius 3 is 2.86 bits per heavy atom. The summed E-state index contributed by atoms with van der Waals surface area (Å²) in [6.45, 7) is 1.54. The molecule has 1 aromatic heterocycles. The predicted molar refractivity (Wildman–Crippen MR) is 91.6 cm³/mol. The molecule has 0 saturated carbocycles. The number of fused-ring (bicyclic) bond motifs is 1. The van der Waals surface area contributed by atoms with Crippen molar-refractivity contribution < 1.29 is 4.79 Å². The molecule has 1 atom stereocenters. The number of hydrogen-bond donors (Lipinski definition) is 1. The maximum absolute atomic E-state index is 12.2. The SMILES string of the molecule is CN(Cc1nc2ccccc2s1)C(=O)[C@@H]1CCCN1.Cl.Cl. The van der Waals surface area contributed by atoms with Crippen LogP contribution < -0.4 is 5.32 Å². The van der Waals surface area contributed by atoms with Gasteiger partial charge in [-0.05, 0) is 31.5 Å². The highest BCUT2D eigenvalue weighted by molar-refractivity contribution is 7.18. The quantitative estimate of drug-likeness (QED) is 0.928. The lowest BCUT2D eigenvalue weighted by Crippen LogP contribution is -2.41. The molecule has 1 fully saturated rings. The number of nitrogens with one attached hydrogen (secondary N) is 1. The molecule has 3 rings (SSSR count). The van der Waals surface area contributed by atoms with E-state index in [2.05, 4.69) is 16.4 Å². The van der Waals surface area contributed by atoms with Crippen LogP contribution in [0.25, 0.3) is 10.2 Å². The molecule has 0 radical (unpaired) electrons. The average molecular weight is 348 g/mol. The molecule has 4 nitrogen and oxygen atoms in total. The third-order valence-electron chi connectivity index (χ3n) is 3.45. The normalized spacial score (nSPS) is 17.1. The van der Waals surface area contributed by atoms with Crippen LogP contribution in [0.4, 0.5) is 0 Å². The van der Waals surface area contributed by atoms with Gasteiger partial charge in [0.1, 0.15) is 5.01 Å². The number of carbonyl (C=O) groups is 1. The van der Waals surface area contributed by atoms with Crippen molar-refractivity contribution in [2.75, 3.05) is 13.6 Å². The zero-order valence-electron chi connectivity index (χ0n) is 11.7. The summed E-state index contributed by atoms with van der Waals surface area (Å²) in [6, 6.07) is 8.08. The molecule has 21 heavy (non-hydrogen) atoms. The van der Waals surface area contributed by atoms with Gasteiger partial charge in [-0.2, -0.15) is 0 Å². The Morgan fingerprint density at radius 1 is 1.43 bits per heavy atom. The highest BCUT2D eigenvalue weighted by Crippen LogP contribution is 2.22. The number of halogens is 2. The molecular weight excluding hydrogens is 329 g/mol. The summed E-state index contributed by atoms with van der Waals surface area (Å²) in [5, 5.41) is 4.24. The van der Waals surface area contributed by atoms with E-state index in [0.29, 0.717) is 6.54 Å². The average Bonchev–Trinajstić information content (AvgIpc) is 3.06. The molecule has 1 amide bonds. The summed E-state index contributed by atoms with van der Waals surface area (Å²) < 4.78 is 1.18. The number of nitrogens with zero attached hydrogens (tertiary/aromatic N) is 2. The van der Waals surface area contributed by atoms with E-state index < -0.39 is 0 Å². The van der Waals surface area contributed by atoms with Crippen molar-refractivity contribution in [1.82, 2.24) is 15.2 Å². The van der Waals surface area contributed by atoms with Gasteiger partial charge < -0.3 is 10.2 Å². The number of hydrogen-bond acceptors (Lipinski definition) is 4. The van der Waals surface area contributed by atoms with E-state index in [4.69, 9.17) is 0 Å². The van der Waals surface area contributed by atoms with Gasteiger partial charge in [-0.3, -0.25) is 4.79 Å². The first-order chi connectivity index (χ1) is 9.24. The summed E-state index contributed by atoms with van der Waals surface area (Å²) in [5.74, 6) is 0.178. The highest BCUT2D eigenvalue weighted by Gasteiger charge is 2.25. The molecule has 0 spiro atoms. The first-order valence-electron chi connectivity index (χ1n) is 6.57. The van der Waals surface area contributed by atoms with E-state index >= 15 is 0 Å². The lowest BCUT2D eigenvalue weighted by atomic mass is 10.2. The Hall–Kier alpha value is -0.880. The van der Waals surface area contributed by atoms with Gasteiger partial charge in [0.25, 0.3) is 0 Å². The minimum atomic E-state index is -0.000576. The molecule has 0 unspecified atom stereocenters. The molecule has 2 heterocycles. The van der Waals surface area contributed by atoms with Gasteiger partial charge in [0, 0.05) is 7.05 Å². The van der Waals surface area contributed by atoms with Crippen LogP contribution in [0.1, 0.15) is 17.8 Å². The van der Waals surface area contributed by atoms with Crippen LogP contribution in [-0.2, 0) is 11.3 Å². The molecule has 1 aliphatic heterocycles. The summed E-state index contributed by atoms with van der Waals surface area (Å²) in [7, 11) is 1.86. The number of likely N-dealkylation sites (N-methyl/N-ethyl adjacent to an activating group) is 1. The fraction of sp³-hybridized carbons (Fsp3) is 0.429. The molecule has 2 aromatic rings. The molecule has 1 N–H and O–H groups in total. The van der Waals surface area contributed by atoms with E-state index in [1.54, 1.807) is 16.2 Å². The smallest absolute Gasteiger partial charge is 0.239 e. The minimum Gasteiger partial charge on any atom is -0.338 e. The summed E-state index contributed by atoms with van der Waals surface area (Å²) in [5.41, 5.74) is 1.02. The summed E-state index contributed by atoms with van der Waals surface area (Å²) in [4.78, 5) is 18.5. The molecule has 1 aliphatic rings. The second kappa shape index (κ2) is 7.94. The molecular formula is C14H19Cl2N3OS. The standard InChI is InChI=1S/C14H17N3OS.2ClH/c1-17(14(18)11-6-4-8-15-11)9-13-16-10-5-2-3-7-12(10)19-13;;/h2-3,5,7,11,15H,4,6,8-9H2,1H3;2*1H/t11-;;/m0../s1. The fourth-order valence-corrected chi connectivity index (χ4v) is 3.45. The van der Waals surface area contributed by atoms with E-state index in [9.17, 15) is 4.79 Å². The fourth-order valence-electron chi connectivity index (χ4n) is 2.43. The number of thiazole rings is 1. The minimum absolute atomic E-state index is 0. The van der Waals surface area contributed by atoms with Crippen molar-refractivity contribution in [3.8, 4) is 0 Å². The molecule has 1 saturated heterocycles. The predicted octanol–water partition coefficient (Wildman–Crippen LogP) is 2.85. The molecule has 0 aliphatic carbocycles. The number of amides is 1. The lowest BCUT2D eigenvalue weighted by molar-refractivity contribution is -0.132. The Morgan fingerprint density at radius 2 is 2.19 bits per heavy atom. The van der Waals surface area contributed by atoms with Crippen molar-refractivity contribution in [2.45, 2.75) is 25.4 Å². The van der Waals surface area contributed by atoms with Crippen molar-refractivity contribution in [3.63, 3.8) is 0 Å². The molecule has 116 valence electrons. The zero-order chi connectivity index (χ0) is 13.2. The lowest BCUT2D eigenvalue weighted by Gasteiger charge is -2.19. The van der Waals surface area contributed by atoms with Crippen LogP contribution in [0, 0.1) is 0 Å². The second-order valence-corrected chi connectivity index (χ2v) is 6.03. The van der Waals surface area contributed by atoms with Crippen LogP contribution in [0.2, 0.25) is 0 Å². The third-order valence-corrected chi connectivity index (χ3v) is 4.47. The maximum atomic E-state index is 12.2. The van der Waals surface area contributed by atoms with Crippen LogP contribution in [0.5, 0.6) is 0 Å². The molecule has 1 aromatic carbocycles. The number of benzene rings is 1. The first-order valence-corrected chi connectivity index (χ1v) is 7.38. The van der Waals surface area contributed by atoms with Crippen LogP contribution >= 0.6 is 36.2 Å². The Labute approximate surface area is 140 Å². The van der Waals surface area contributed by atoms with Crippen molar-refractivity contribution in [3.05, 3.63) is 29.3 Å². The van der Waals surface area contributed by atoms with E-state index in [-0.39, 0.29) is 36.8 Å². The molecule has 7 heteroatoms. The van der Waals surface area contributed by atoms with Gasteiger partial charge in [0.05, 0.1) is 22.8 Å². The van der Waals surface area contributed by atoms with Gasteiger partial charge in [0.15, 0.2) is 0 Å². The summed E-state index contributed by atoms with van der Waals surface area (Å²) in [6.07, 6.45) is 2.04. The Balaban J connectivity index is 0.00000110. The largest absolute Gasteiger partial charge is 0.338 e. The Kier molecular flexibility index (Phi) is 6.87. The van der Waals surface area contributed by atoms with Crippen molar-refractivity contribution in [1.29, 1.82) is 0 Å². The third kappa shape index (κ3) is 4.07. The highest BCUT2D eigenvalue weighted by atomic mass is 35.5. The van der Waals surface area contributed by atoms with E-state index in [0.717, 1.165) is 29.9 Å².